The average molecular weight is 455 g/mol. The smallest absolute Gasteiger partial charge is 0.231 e. The maximum absolute atomic E-state index is 11.1. The van der Waals surface area contributed by atoms with Gasteiger partial charge < -0.3 is 20.1 Å². The van der Waals surface area contributed by atoms with E-state index >= 15 is 0 Å². The van der Waals surface area contributed by atoms with Crippen LogP contribution in [0.4, 0.5) is 0 Å². The van der Waals surface area contributed by atoms with Crippen LogP contribution in [0.25, 0.3) is 0 Å². The monoisotopic (exact) mass is 455 g/mol. The van der Waals surface area contributed by atoms with E-state index in [-0.39, 0.29) is 36.5 Å². The molecule has 1 heterocycles. The van der Waals surface area contributed by atoms with E-state index in [9.17, 15) is 8.42 Å². The van der Waals surface area contributed by atoms with Gasteiger partial charge in [-0.25, -0.2) is 13.4 Å². The summed E-state index contributed by atoms with van der Waals surface area (Å²) in [4.78, 5) is 4.43. The summed E-state index contributed by atoms with van der Waals surface area (Å²) >= 11 is 0. The number of ether oxygens (including phenoxy) is 2. The number of benzene rings is 1. The number of nitrogens with one attached hydrogen (secondary N) is 2. The number of halogens is 1. The van der Waals surface area contributed by atoms with Gasteiger partial charge in [0.05, 0.1) is 12.3 Å². The molecule has 1 aromatic rings. The number of sulfone groups is 1. The molecule has 9 heteroatoms. The summed E-state index contributed by atoms with van der Waals surface area (Å²) in [5.74, 6) is 2.12. The highest BCUT2D eigenvalue weighted by Crippen LogP contribution is 2.32. The van der Waals surface area contributed by atoms with Gasteiger partial charge in [0.2, 0.25) is 6.79 Å². The van der Waals surface area contributed by atoms with Crippen LogP contribution in [0.3, 0.4) is 0 Å². The molecule has 0 fully saturated rings. The predicted molar refractivity (Wildman–Crippen MR) is 101 cm³/mol. The van der Waals surface area contributed by atoms with E-state index in [1.807, 2.05) is 25.1 Å². The van der Waals surface area contributed by atoms with E-state index in [1.54, 1.807) is 0 Å². The first-order valence-corrected chi connectivity index (χ1v) is 9.12. The van der Waals surface area contributed by atoms with Gasteiger partial charge in [0, 0.05) is 19.3 Å². The Kier molecular flexibility index (Phi) is 7.89. The van der Waals surface area contributed by atoms with Gasteiger partial charge in [0.15, 0.2) is 17.5 Å². The molecule has 130 valence electrons. The summed E-state index contributed by atoms with van der Waals surface area (Å²) in [6, 6.07) is 5.68. The minimum atomic E-state index is -2.98. The molecule has 0 radical (unpaired) electrons. The van der Waals surface area contributed by atoms with Crippen molar-refractivity contribution >= 4 is 39.8 Å². The Morgan fingerprint density at radius 2 is 2.00 bits per heavy atom. The third-order valence-electron chi connectivity index (χ3n) is 2.97. The van der Waals surface area contributed by atoms with Gasteiger partial charge in [-0.3, -0.25) is 0 Å². The zero-order valence-electron chi connectivity index (χ0n) is 13.2. The van der Waals surface area contributed by atoms with Gasteiger partial charge in [0.1, 0.15) is 9.84 Å². The maximum Gasteiger partial charge on any atom is 0.231 e. The van der Waals surface area contributed by atoms with Gasteiger partial charge in [0.25, 0.3) is 0 Å². The molecule has 0 aliphatic carbocycles. The van der Waals surface area contributed by atoms with E-state index in [4.69, 9.17) is 9.47 Å². The fourth-order valence-electron chi connectivity index (χ4n) is 1.91. The van der Waals surface area contributed by atoms with Gasteiger partial charge >= 0.3 is 0 Å². The summed E-state index contributed by atoms with van der Waals surface area (Å²) in [6.07, 6.45) is 1.21. The van der Waals surface area contributed by atoms with Crippen molar-refractivity contribution in [2.75, 3.05) is 31.9 Å². The van der Waals surface area contributed by atoms with Crippen LogP contribution in [-0.4, -0.2) is 46.3 Å². The first kappa shape index (κ1) is 19.8. The maximum atomic E-state index is 11.1. The molecule has 0 amide bonds. The number of rotatable bonds is 6. The molecule has 1 aliphatic heterocycles. The molecule has 2 rings (SSSR count). The second-order valence-corrected chi connectivity index (χ2v) is 7.20. The molecule has 0 unspecified atom stereocenters. The van der Waals surface area contributed by atoms with Crippen molar-refractivity contribution in [1.29, 1.82) is 0 Å². The number of hydrogen-bond acceptors (Lipinski definition) is 5. The molecule has 0 spiro atoms. The lowest BCUT2D eigenvalue weighted by atomic mass is 10.2. The van der Waals surface area contributed by atoms with Crippen LogP contribution < -0.4 is 20.1 Å². The zero-order valence-corrected chi connectivity index (χ0v) is 16.3. The molecule has 0 saturated heterocycles. The van der Waals surface area contributed by atoms with Crippen LogP contribution in [0.15, 0.2) is 23.2 Å². The summed E-state index contributed by atoms with van der Waals surface area (Å²) < 4.78 is 32.9. The van der Waals surface area contributed by atoms with Gasteiger partial charge in [-0.05, 0) is 24.6 Å². The normalized spacial score (nSPS) is 13.4. The largest absolute Gasteiger partial charge is 0.454 e. The third kappa shape index (κ3) is 6.81. The lowest BCUT2D eigenvalue weighted by Crippen LogP contribution is -2.39. The zero-order chi connectivity index (χ0) is 16.0. The molecule has 0 saturated carbocycles. The van der Waals surface area contributed by atoms with Crippen LogP contribution in [-0.2, 0) is 16.4 Å². The fraction of sp³-hybridized carbons (Fsp3) is 0.500. The first-order chi connectivity index (χ1) is 10.5. The SMILES string of the molecule is CCNC(=NCc1ccc2c(c1)OCO2)NCCS(C)(=O)=O.I. The molecule has 2 N–H and O–H groups in total. The Labute approximate surface area is 153 Å². The first-order valence-electron chi connectivity index (χ1n) is 7.06. The lowest BCUT2D eigenvalue weighted by Gasteiger charge is -2.10. The molecule has 23 heavy (non-hydrogen) atoms. The summed E-state index contributed by atoms with van der Waals surface area (Å²) in [5, 5.41) is 6.08. The van der Waals surface area contributed by atoms with Gasteiger partial charge in [-0.2, -0.15) is 0 Å². The van der Waals surface area contributed by atoms with Crippen LogP contribution >= 0.6 is 24.0 Å². The third-order valence-corrected chi connectivity index (χ3v) is 3.91. The highest BCUT2D eigenvalue weighted by Gasteiger charge is 2.13. The molecule has 0 aromatic heterocycles. The van der Waals surface area contributed by atoms with Crippen molar-refractivity contribution in [2.24, 2.45) is 4.99 Å². The second kappa shape index (κ2) is 9.16. The lowest BCUT2D eigenvalue weighted by molar-refractivity contribution is 0.174. The second-order valence-electron chi connectivity index (χ2n) is 4.94. The molecule has 0 atom stereocenters. The van der Waals surface area contributed by atoms with Gasteiger partial charge in [-0.1, -0.05) is 6.07 Å². The number of fused-ring (bicyclic) bond motifs is 1. The van der Waals surface area contributed by atoms with E-state index in [0.717, 1.165) is 17.1 Å². The highest BCUT2D eigenvalue weighted by molar-refractivity contribution is 14.0. The minimum absolute atomic E-state index is 0. The van der Waals surface area contributed by atoms with Crippen LogP contribution in [0, 0.1) is 0 Å². The van der Waals surface area contributed by atoms with E-state index in [0.29, 0.717) is 25.6 Å². The van der Waals surface area contributed by atoms with Crippen molar-refractivity contribution in [3.05, 3.63) is 23.8 Å². The van der Waals surface area contributed by atoms with Crippen molar-refractivity contribution in [2.45, 2.75) is 13.5 Å². The number of aliphatic imine (C=N–C) groups is 1. The summed E-state index contributed by atoms with van der Waals surface area (Å²) in [6.45, 7) is 3.69. The molecular weight excluding hydrogens is 433 g/mol. The van der Waals surface area contributed by atoms with E-state index in [2.05, 4.69) is 15.6 Å². The van der Waals surface area contributed by atoms with Crippen LogP contribution in [0.2, 0.25) is 0 Å². The van der Waals surface area contributed by atoms with Crippen LogP contribution in [0.1, 0.15) is 12.5 Å². The summed E-state index contributed by atoms with van der Waals surface area (Å²) in [7, 11) is -2.98. The molecule has 0 bridgehead atoms. The predicted octanol–water partition coefficient (Wildman–Crippen LogP) is 1.13. The van der Waals surface area contributed by atoms with Crippen molar-refractivity contribution in [3.63, 3.8) is 0 Å². The molecular formula is C14H22IN3O4S. The van der Waals surface area contributed by atoms with Gasteiger partial charge in [-0.15, -0.1) is 24.0 Å². The van der Waals surface area contributed by atoms with Crippen molar-refractivity contribution in [1.82, 2.24) is 10.6 Å². The highest BCUT2D eigenvalue weighted by atomic mass is 127. The Bertz CT molecular complexity index is 649. The number of hydrogen-bond donors (Lipinski definition) is 2. The van der Waals surface area contributed by atoms with Crippen molar-refractivity contribution < 1.29 is 17.9 Å². The quantitative estimate of drug-likeness (QED) is 0.380. The molecule has 1 aliphatic rings. The molecule has 7 nitrogen and oxygen atoms in total. The van der Waals surface area contributed by atoms with Crippen LogP contribution in [0.5, 0.6) is 11.5 Å². The Morgan fingerprint density at radius 1 is 1.26 bits per heavy atom. The molecule has 1 aromatic carbocycles. The fourth-order valence-corrected chi connectivity index (χ4v) is 2.38. The Balaban J connectivity index is 0.00000264. The Hall–Kier alpha value is -1.23. The summed E-state index contributed by atoms with van der Waals surface area (Å²) in [5.41, 5.74) is 0.990. The topological polar surface area (TPSA) is 89.0 Å². The van der Waals surface area contributed by atoms with E-state index < -0.39 is 9.84 Å². The average Bonchev–Trinajstić information content (AvgIpc) is 2.91. The van der Waals surface area contributed by atoms with E-state index in [1.165, 1.54) is 6.26 Å². The van der Waals surface area contributed by atoms with Crippen molar-refractivity contribution in [3.8, 4) is 11.5 Å². The Morgan fingerprint density at radius 3 is 2.70 bits per heavy atom. The minimum Gasteiger partial charge on any atom is -0.454 e. The number of nitrogens with zero attached hydrogens (tertiary/aromatic N) is 1. The standard InChI is InChI=1S/C14H21N3O4S.HI/c1-3-15-14(16-6-7-22(2,18)19)17-9-11-4-5-12-13(8-11)21-10-20-12;/h4-5,8H,3,6-7,9-10H2,1-2H3,(H2,15,16,17);1H. The number of guanidine groups is 1.